The highest BCUT2D eigenvalue weighted by Gasteiger charge is 2.17. The number of benzene rings is 4. The number of pyridine rings is 1. The zero-order valence-electron chi connectivity index (χ0n) is 17.5. The fraction of sp³-hybridized carbons (Fsp3) is 0.0741. The van der Waals surface area contributed by atoms with E-state index >= 15 is 0 Å². The molecule has 0 aliphatic heterocycles. The van der Waals surface area contributed by atoms with Crippen LogP contribution in [-0.2, 0) is 0 Å². The molecule has 4 heteroatoms. The molecule has 150 valence electrons. The molecule has 1 heterocycles. The van der Waals surface area contributed by atoms with Crippen LogP contribution in [0.5, 0.6) is 0 Å². The Labute approximate surface area is 181 Å². The maximum Gasteiger partial charge on any atom is 0.488 e. The van der Waals surface area contributed by atoms with Crippen LogP contribution in [0, 0.1) is 13.8 Å². The topological polar surface area (TPSA) is 53.4 Å². The Hall–Kier alpha value is -3.47. The van der Waals surface area contributed by atoms with Gasteiger partial charge in [0.2, 0.25) is 0 Å². The van der Waals surface area contributed by atoms with E-state index in [2.05, 4.69) is 53.5 Å². The van der Waals surface area contributed by atoms with Crippen molar-refractivity contribution in [2.24, 2.45) is 0 Å². The van der Waals surface area contributed by atoms with Gasteiger partial charge < -0.3 is 10.0 Å². The van der Waals surface area contributed by atoms with E-state index in [4.69, 9.17) is 0 Å². The minimum absolute atomic E-state index is 0.463. The third-order valence-electron chi connectivity index (χ3n) is 5.87. The van der Waals surface area contributed by atoms with Crippen molar-refractivity contribution in [3.63, 3.8) is 0 Å². The highest BCUT2D eigenvalue weighted by atomic mass is 16.4. The average molecular weight is 403 g/mol. The Kier molecular flexibility index (Phi) is 4.82. The summed E-state index contributed by atoms with van der Waals surface area (Å²) in [7, 11) is -1.55. The van der Waals surface area contributed by atoms with Gasteiger partial charge in [0.05, 0.1) is 0 Å². The highest BCUT2D eigenvalue weighted by Crippen LogP contribution is 2.36. The van der Waals surface area contributed by atoms with Crippen LogP contribution in [0.25, 0.3) is 43.8 Å². The van der Waals surface area contributed by atoms with Gasteiger partial charge in [0.1, 0.15) is 0 Å². The number of nitrogens with zero attached hydrogens (tertiary/aromatic N) is 1. The molecule has 0 unspecified atom stereocenters. The molecule has 0 spiro atoms. The summed E-state index contributed by atoms with van der Waals surface area (Å²) in [5, 5.41) is 24.7. The fourth-order valence-electron chi connectivity index (χ4n) is 4.40. The third kappa shape index (κ3) is 3.50. The summed E-state index contributed by atoms with van der Waals surface area (Å²) in [4.78, 5) is 4.59. The SMILES string of the molecule is Cc1ccc(-c2cc(B(O)O)cc(-c3cc4ccccc4c4ccccc34)c2)c(C)n1. The van der Waals surface area contributed by atoms with Crippen molar-refractivity contribution < 1.29 is 10.0 Å². The monoisotopic (exact) mass is 403 g/mol. The zero-order valence-corrected chi connectivity index (χ0v) is 17.5. The molecule has 4 aromatic carbocycles. The lowest BCUT2D eigenvalue weighted by Gasteiger charge is -2.15. The van der Waals surface area contributed by atoms with Gasteiger partial charge in [-0.1, -0.05) is 66.7 Å². The van der Waals surface area contributed by atoms with E-state index in [9.17, 15) is 10.0 Å². The summed E-state index contributed by atoms with van der Waals surface area (Å²) in [6.07, 6.45) is 0. The molecule has 0 amide bonds. The van der Waals surface area contributed by atoms with Gasteiger partial charge in [-0.25, -0.2) is 0 Å². The number of rotatable bonds is 3. The van der Waals surface area contributed by atoms with E-state index in [0.29, 0.717) is 5.46 Å². The lowest BCUT2D eigenvalue weighted by molar-refractivity contribution is 0.426. The van der Waals surface area contributed by atoms with Crippen LogP contribution in [0.2, 0.25) is 0 Å². The summed E-state index contributed by atoms with van der Waals surface area (Å²) in [5.41, 5.74) is 6.25. The first-order chi connectivity index (χ1) is 15.0. The van der Waals surface area contributed by atoms with E-state index in [1.165, 1.54) is 10.8 Å². The van der Waals surface area contributed by atoms with Crippen LogP contribution >= 0.6 is 0 Å². The van der Waals surface area contributed by atoms with Crippen LogP contribution in [-0.4, -0.2) is 22.2 Å². The zero-order chi connectivity index (χ0) is 21.5. The van der Waals surface area contributed by atoms with Gasteiger partial charge >= 0.3 is 7.12 Å². The molecule has 0 saturated carbocycles. The van der Waals surface area contributed by atoms with Gasteiger partial charge in [0.15, 0.2) is 0 Å². The first-order valence-corrected chi connectivity index (χ1v) is 10.4. The molecule has 0 aliphatic rings. The van der Waals surface area contributed by atoms with Crippen molar-refractivity contribution in [1.29, 1.82) is 0 Å². The summed E-state index contributed by atoms with van der Waals surface area (Å²) in [5.74, 6) is 0. The molecule has 31 heavy (non-hydrogen) atoms. The molecule has 5 aromatic rings. The molecule has 0 fully saturated rings. The molecule has 0 radical (unpaired) electrons. The molecule has 0 bridgehead atoms. The van der Waals surface area contributed by atoms with Crippen molar-refractivity contribution in [2.75, 3.05) is 0 Å². The van der Waals surface area contributed by atoms with Crippen molar-refractivity contribution in [2.45, 2.75) is 13.8 Å². The Morgan fingerprint density at radius 1 is 0.645 bits per heavy atom. The molecule has 3 nitrogen and oxygen atoms in total. The van der Waals surface area contributed by atoms with E-state index in [0.717, 1.165) is 44.4 Å². The number of aromatic nitrogens is 1. The Morgan fingerprint density at radius 3 is 2.00 bits per heavy atom. The third-order valence-corrected chi connectivity index (χ3v) is 5.87. The van der Waals surface area contributed by atoms with Gasteiger partial charge in [-0.3, -0.25) is 4.98 Å². The Bertz CT molecular complexity index is 1440. The highest BCUT2D eigenvalue weighted by molar-refractivity contribution is 6.58. The van der Waals surface area contributed by atoms with E-state index < -0.39 is 7.12 Å². The van der Waals surface area contributed by atoms with Gasteiger partial charge in [-0.2, -0.15) is 0 Å². The minimum atomic E-state index is -1.55. The maximum atomic E-state index is 10.0. The second-order valence-corrected chi connectivity index (χ2v) is 7.99. The standard InChI is InChI=1S/C27H22BNO2/c1-17-11-12-23(18(2)29-17)20-13-21(15-22(14-20)28(30)31)27-16-19-7-3-4-8-24(19)25-9-5-6-10-26(25)27/h3-16,30-31H,1-2H3. The molecule has 1 aromatic heterocycles. The molecular weight excluding hydrogens is 381 g/mol. The van der Waals surface area contributed by atoms with E-state index in [1.807, 2.05) is 50.2 Å². The summed E-state index contributed by atoms with van der Waals surface area (Å²) >= 11 is 0. The summed E-state index contributed by atoms with van der Waals surface area (Å²) in [6.45, 7) is 3.95. The molecular formula is C27H22BNO2. The first-order valence-electron chi connectivity index (χ1n) is 10.4. The normalized spacial score (nSPS) is 11.2. The van der Waals surface area contributed by atoms with Crippen LogP contribution < -0.4 is 5.46 Å². The van der Waals surface area contributed by atoms with Crippen molar-refractivity contribution >= 4 is 34.1 Å². The van der Waals surface area contributed by atoms with Crippen LogP contribution in [0.1, 0.15) is 11.4 Å². The van der Waals surface area contributed by atoms with Gasteiger partial charge in [-0.15, -0.1) is 0 Å². The van der Waals surface area contributed by atoms with Crippen LogP contribution in [0.3, 0.4) is 0 Å². The fourth-order valence-corrected chi connectivity index (χ4v) is 4.40. The number of aryl methyl sites for hydroxylation is 2. The maximum absolute atomic E-state index is 10.0. The van der Waals surface area contributed by atoms with E-state index in [-0.39, 0.29) is 0 Å². The number of fused-ring (bicyclic) bond motifs is 3. The van der Waals surface area contributed by atoms with Gasteiger partial charge in [0, 0.05) is 17.0 Å². The largest absolute Gasteiger partial charge is 0.488 e. The molecule has 0 saturated heterocycles. The number of hydrogen-bond acceptors (Lipinski definition) is 3. The quantitative estimate of drug-likeness (QED) is 0.329. The smallest absolute Gasteiger partial charge is 0.423 e. The predicted octanol–water partition coefficient (Wildman–Crippen LogP) is 5.02. The van der Waals surface area contributed by atoms with Crippen LogP contribution in [0.15, 0.2) is 84.9 Å². The average Bonchev–Trinajstić information content (AvgIpc) is 2.78. The summed E-state index contributed by atoms with van der Waals surface area (Å²) < 4.78 is 0. The van der Waals surface area contributed by atoms with Gasteiger partial charge in [-0.05, 0) is 75.7 Å². The molecule has 2 N–H and O–H groups in total. The van der Waals surface area contributed by atoms with Crippen LogP contribution in [0.4, 0.5) is 0 Å². The molecule has 0 aliphatic carbocycles. The summed E-state index contributed by atoms with van der Waals surface area (Å²) in [6, 6.07) is 28.7. The Balaban J connectivity index is 1.82. The predicted molar refractivity (Wildman–Crippen MR) is 129 cm³/mol. The second kappa shape index (κ2) is 7.66. The molecule has 0 atom stereocenters. The minimum Gasteiger partial charge on any atom is -0.423 e. The molecule has 5 rings (SSSR count). The van der Waals surface area contributed by atoms with Crippen molar-refractivity contribution in [3.05, 3.63) is 96.3 Å². The lowest BCUT2D eigenvalue weighted by Crippen LogP contribution is -2.30. The number of hydrogen-bond donors (Lipinski definition) is 2. The second-order valence-electron chi connectivity index (χ2n) is 7.99. The van der Waals surface area contributed by atoms with Crippen molar-refractivity contribution in [1.82, 2.24) is 4.98 Å². The van der Waals surface area contributed by atoms with E-state index in [1.54, 1.807) is 0 Å². The first kappa shape index (κ1) is 19.5. The van der Waals surface area contributed by atoms with Crippen molar-refractivity contribution in [3.8, 4) is 22.3 Å². The lowest BCUT2D eigenvalue weighted by atomic mass is 9.77. The Morgan fingerprint density at radius 2 is 1.29 bits per heavy atom. The van der Waals surface area contributed by atoms with Gasteiger partial charge in [0.25, 0.3) is 0 Å².